The van der Waals surface area contributed by atoms with Crippen molar-refractivity contribution in [1.29, 1.82) is 0 Å². The van der Waals surface area contributed by atoms with E-state index in [1.807, 2.05) is 49.4 Å². The van der Waals surface area contributed by atoms with Gasteiger partial charge in [-0.3, -0.25) is 4.79 Å². The number of amides is 1. The summed E-state index contributed by atoms with van der Waals surface area (Å²) in [5.41, 5.74) is 1.92. The molecule has 0 fully saturated rings. The fraction of sp³-hybridized carbons (Fsp3) is 0.167. The molecule has 0 radical (unpaired) electrons. The Hall–Kier alpha value is -2.66. The van der Waals surface area contributed by atoms with Crippen LogP contribution in [0.4, 0.5) is 0 Å². The average Bonchev–Trinajstić information content (AvgIpc) is 2.95. The maximum atomic E-state index is 12.1. The zero-order valence-electron chi connectivity index (χ0n) is 13.2. The summed E-state index contributed by atoms with van der Waals surface area (Å²) in [7, 11) is 0. The second kappa shape index (κ2) is 7.27. The number of nitrogens with one attached hydrogen (secondary N) is 1. The third-order valence-corrected chi connectivity index (χ3v) is 3.84. The molecule has 0 aliphatic carbocycles. The highest BCUT2D eigenvalue weighted by molar-refractivity contribution is 6.30. The zero-order chi connectivity index (χ0) is 16.9. The highest BCUT2D eigenvalue weighted by atomic mass is 35.5. The maximum Gasteiger partial charge on any atom is 0.242 e. The Kier molecular flexibility index (Phi) is 4.91. The standard InChI is InChI=1S/C18H17ClN4O/c1-13-21-18(15-7-9-16(19)10-8-15)22-23(13)12-17(24)20-11-14-5-3-2-4-6-14/h2-10H,11-12H2,1H3,(H,20,24). The second-order valence-corrected chi connectivity index (χ2v) is 5.85. The summed E-state index contributed by atoms with van der Waals surface area (Å²) in [6.45, 7) is 2.47. The molecule has 0 unspecified atom stereocenters. The number of benzene rings is 2. The molecule has 24 heavy (non-hydrogen) atoms. The normalized spacial score (nSPS) is 10.6. The molecule has 2 aromatic carbocycles. The van der Waals surface area contributed by atoms with Crippen LogP contribution in [-0.4, -0.2) is 20.7 Å². The van der Waals surface area contributed by atoms with Crippen molar-refractivity contribution in [2.45, 2.75) is 20.0 Å². The Balaban J connectivity index is 1.65. The van der Waals surface area contributed by atoms with Crippen LogP contribution in [0.2, 0.25) is 5.02 Å². The van der Waals surface area contributed by atoms with Crippen molar-refractivity contribution < 1.29 is 4.79 Å². The Morgan fingerprint density at radius 3 is 2.54 bits per heavy atom. The monoisotopic (exact) mass is 340 g/mol. The van der Waals surface area contributed by atoms with Gasteiger partial charge in [0.2, 0.25) is 5.91 Å². The van der Waals surface area contributed by atoms with Gasteiger partial charge < -0.3 is 5.32 Å². The minimum atomic E-state index is -0.102. The molecule has 1 amide bonds. The maximum absolute atomic E-state index is 12.1. The Bertz CT molecular complexity index is 828. The minimum Gasteiger partial charge on any atom is -0.350 e. The lowest BCUT2D eigenvalue weighted by Crippen LogP contribution is -2.28. The van der Waals surface area contributed by atoms with Crippen molar-refractivity contribution in [2.75, 3.05) is 0 Å². The van der Waals surface area contributed by atoms with Crippen LogP contribution in [0.3, 0.4) is 0 Å². The molecular weight excluding hydrogens is 324 g/mol. The first-order chi connectivity index (χ1) is 11.6. The number of carbonyl (C=O) groups excluding carboxylic acids is 1. The predicted octanol–water partition coefficient (Wildman–Crippen LogP) is 3.22. The minimum absolute atomic E-state index is 0.102. The molecule has 5 nitrogen and oxygen atoms in total. The van der Waals surface area contributed by atoms with E-state index in [9.17, 15) is 4.79 Å². The highest BCUT2D eigenvalue weighted by Gasteiger charge is 2.11. The molecule has 0 spiro atoms. The van der Waals surface area contributed by atoms with Crippen molar-refractivity contribution in [1.82, 2.24) is 20.1 Å². The van der Waals surface area contributed by atoms with E-state index in [0.29, 0.717) is 23.2 Å². The predicted molar refractivity (Wildman–Crippen MR) is 93.5 cm³/mol. The topological polar surface area (TPSA) is 59.8 Å². The molecule has 0 aliphatic heterocycles. The van der Waals surface area contributed by atoms with E-state index in [4.69, 9.17) is 11.6 Å². The summed E-state index contributed by atoms with van der Waals surface area (Å²) in [6.07, 6.45) is 0. The van der Waals surface area contributed by atoms with Crippen molar-refractivity contribution >= 4 is 17.5 Å². The SMILES string of the molecule is Cc1nc(-c2ccc(Cl)cc2)nn1CC(=O)NCc1ccccc1. The van der Waals surface area contributed by atoms with Crippen LogP contribution in [-0.2, 0) is 17.9 Å². The van der Waals surface area contributed by atoms with Crippen LogP contribution in [0, 0.1) is 6.92 Å². The molecule has 1 N–H and O–H groups in total. The molecule has 3 aromatic rings. The summed E-state index contributed by atoms with van der Waals surface area (Å²) >= 11 is 5.89. The van der Waals surface area contributed by atoms with Crippen LogP contribution in [0.5, 0.6) is 0 Å². The second-order valence-electron chi connectivity index (χ2n) is 5.41. The van der Waals surface area contributed by atoms with Crippen LogP contribution in [0.15, 0.2) is 54.6 Å². The summed E-state index contributed by atoms with van der Waals surface area (Å²) < 4.78 is 1.60. The fourth-order valence-electron chi connectivity index (χ4n) is 2.28. The van der Waals surface area contributed by atoms with E-state index < -0.39 is 0 Å². The van der Waals surface area contributed by atoms with E-state index in [1.165, 1.54) is 0 Å². The van der Waals surface area contributed by atoms with Gasteiger partial charge in [-0.25, -0.2) is 9.67 Å². The summed E-state index contributed by atoms with van der Waals surface area (Å²) in [4.78, 5) is 16.5. The van der Waals surface area contributed by atoms with Crippen molar-refractivity contribution in [3.63, 3.8) is 0 Å². The first-order valence-corrected chi connectivity index (χ1v) is 7.97. The van der Waals surface area contributed by atoms with E-state index in [2.05, 4.69) is 15.4 Å². The molecule has 0 bridgehead atoms. The van der Waals surface area contributed by atoms with Gasteiger partial charge in [-0.2, -0.15) is 5.10 Å². The Morgan fingerprint density at radius 2 is 1.83 bits per heavy atom. The number of carbonyl (C=O) groups is 1. The number of halogens is 1. The molecule has 6 heteroatoms. The summed E-state index contributed by atoms with van der Waals surface area (Å²) in [5, 5.41) is 7.95. The van der Waals surface area contributed by atoms with Gasteiger partial charge in [-0.05, 0) is 36.8 Å². The number of aryl methyl sites for hydroxylation is 1. The highest BCUT2D eigenvalue weighted by Crippen LogP contribution is 2.18. The molecule has 0 aliphatic rings. The first-order valence-electron chi connectivity index (χ1n) is 7.60. The van der Waals surface area contributed by atoms with Crippen LogP contribution in [0.25, 0.3) is 11.4 Å². The van der Waals surface area contributed by atoms with Crippen molar-refractivity contribution in [3.8, 4) is 11.4 Å². The third-order valence-electron chi connectivity index (χ3n) is 3.58. The number of nitrogens with zero attached hydrogens (tertiary/aromatic N) is 3. The van der Waals surface area contributed by atoms with Crippen LogP contribution in [0.1, 0.15) is 11.4 Å². The van der Waals surface area contributed by atoms with Gasteiger partial charge in [0.25, 0.3) is 0 Å². The quantitative estimate of drug-likeness (QED) is 0.775. The third kappa shape index (κ3) is 4.00. The average molecular weight is 341 g/mol. The fourth-order valence-corrected chi connectivity index (χ4v) is 2.41. The van der Waals surface area contributed by atoms with E-state index in [0.717, 1.165) is 11.1 Å². The lowest BCUT2D eigenvalue weighted by molar-refractivity contribution is -0.122. The zero-order valence-corrected chi connectivity index (χ0v) is 14.0. The van der Waals surface area contributed by atoms with Gasteiger partial charge in [0.15, 0.2) is 5.82 Å². The Morgan fingerprint density at radius 1 is 1.12 bits per heavy atom. The van der Waals surface area contributed by atoms with Gasteiger partial charge in [0.05, 0.1) is 0 Å². The summed E-state index contributed by atoms with van der Waals surface area (Å²) in [6, 6.07) is 17.1. The lowest BCUT2D eigenvalue weighted by Gasteiger charge is -2.06. The van der Waals surface area contributed by atoms with Gasteiger partial charge in [0, 0.05) is 17.1 Å². The smallest absolute Gasteiger partial charge is 0.242 e. The molecular formula is C18H17ClN4O. The van der Waals surface area contributed by atoms with Crippen LogP contribution < -0.4 is 5.32 Å². The van der Waals surface area contributed by atoms with Crippen molar-refractivity contribution in [2.24, 2.45) is 0 Å². The van der Waals surface area contributed by atoms with Gasteiger partial charge in [-0.1, -0.05) is 41.9 Å². The lowest BCUT2D eigenvalue weighted by atomic mass is 10.2. The van der Waals surface area contributed by atoms with Gasteiger partial charge >= 0.3 is 0 Å². The molecule has 3 rings (SSSR count). The largest absolute Gasteiger partial charge is 0.350 e. The van der Waals surface area contributed by atoms with E-state index >= 15 is 0 Å². The number of hydrogen-bond acceptors (Lipinski definition) is 3. The molecule has 122 valence electrons. The number of aromatic nitrogens is 3. The van der Waals surface area contributed by atoms with Gasteiger partial charge in [-0.15, -0.1) is 0 Å². The first kappa shape index (κ1) is 16.2. The van der Waals surface area contributed by atoms with E-state index in [1.54, 1.807) is 16.8 Å². The molecule has 0 saturated carbocycles. The van der Waals surface area contributed by atoms with Crippen molar-refractivity contribution in [3.05, 3.63) is 71.0 Å². The Labute approximate surface area is 145 Å². The molecule has 0 saturated heterocycles. The summed E-state index contributed by atoms with van der Waals surface area (Å²) in [5.74, 6) is 1.17. The van der Waals surface area contributed by atoms with Crippen LogP contribution >= 0.6 is 11.6 Å². The van der Waals surface area contributed by atoms with Gasteiger partial charge in [0.1, 0.15) is 12.4 Å². The van der Waals surface area contributed by atoms with E-state index in [-0.39, 0.29) is 12.5 Å². The number of rotatable bonds is 5. The molecule has 0 atom stereocenters. The number of hydrogen-bond donors (Lipinski definition) is 1. The molecule has 1 heterocycles. The molecule has 1 aromatic heterocycles.